The molecule has 1 unspecified atom stereocenters. The first-order valence-corrected chi connectivity index (χ1v) is 7.26. The number of hydrogen-bond donors (Lipinski definition) is 1. The molecule has 0 aromatic heterocycles. The van der Waals surface area contributed by atoms with Crippen LogP contribution in [-0.4, -0.2) is 6.54 Å². The summed E-state index contributed by atoms with van der Waals surface area (Å²) in [4.78, 5) is 0. The lowest BCUT2D eigenvalue weighted by Gasteiger charge is -2.20. The van der Waals surface area contributed by atoms with Crippen molar-refractivity contribution < 1.29 is 8.78 Å². The molecule has 21 heavy (non-hydrogen) atoms. The Morgan fingerprint density at radius 3 is 2.38 bits per heavy atom. The quantitative estimate of drug-likeness (QED) is 0.856. The number of benzene rings is 2. The standard InChI is InChI=1S/C18H21F2N/c1-4-21-18(10-14-8-6-5-7-12(14)2)15-11-16(19)13(3)9-17(15)20/h5-9,11,18,21H,4,10H2,1-3H3. The first-order chi connectivity index (χ1) is 10.0. The van der Waals surface area contributed by atoms with Gasteiger partial charge in [0.1, 0.15) is 11.6 Å². The molecule has 0 saturated carbocycles. The molecule has 0 bridgehead atoms. The zero-order valence-corrected chi connectivity index (χ0v) is 12.7. The summed E-state index contributed by atoms with van der Waals surface area (Å²) < 4.78 is 28.0. The van der Waals surface area contributed by atoms with Gasteiger partial charge < -0.3 is 5.32 Å². The molecule has 0 aliphatic carbocycles. The van der Waals surface area contributed by atoms with Crippen molar-refractivity contribution in [2.24, 2.45) is 0 Å². The maximum Gasteiger partial charge on any atom is 0.128 e. The van der Waals surface area contributed by atoms with Gasteiger partial charge in [-0.2, -0.15) is 0 Å². The van der Waals surface area contributed by atoms with Gasteiger partial charge in [0.2, 0.25) is 0 Å². The topological polar surface area (TPSA) is 12.0 Å². The lowest BCUT2D eigenvalue weighted by molar-refractivity contribution is 0.500. The highest BCUT2D eigenvalue weighted by Gasteiger charge is 2.18. The Labute approximate surface area is 125 Å². The molecule has 1 nitrogen and oxygen atoms in total. The fourth-order valence-electron chi connectivity index (χ4n) is 2.53. The largest absolute Gasteiger partial charge is 0.310 e. The summed E-state index contributed by atoms with van der Waals surface area (Å²) >= 11 is 0. The Balaban J connectivity index is 2.35. The Kier molecular flexibility index (Phi) is 5.07. The van der Waals surface area contributed by atoms with Crippen molar-refractivity contribution in [1.29, 1.82) is 0 Å². The molecule has 0 saturated heterocycles. The zero-order chi connectivity index (χ0) is 15.4. The predicted octanol–water partition coefficient (Wildman–Crippen LogP) is 4.47. The maximum absolute atomic E-state index is 14.2. The summed E-state index contributed by atoms with van der Waals surface area (Å²) in [6.45, 7) is 6.27. The van der Waals surface area contributed by atoms with Crippen LogP contribution in [0.15, 0.2) is 36.4 Å². The van der Waals surface area contributed by atoms with Gasteiger partial charge in [-0.1, -0.05) is 31.2 Å². The fourth-order valence-corrected chi connectivity index (χ4v) is 2.53. The molecule has 2 aromatic carbocycles. The van der Waals surface area contributed by atoms with Crippen LogP contribution in [0.2, 0.25) is 0 Å². The smallest absolute Gasteiger partial charge is 0.128 e. The molecule has 0 fully saturated rings. The number of aryl methyl sites for hydroxylation is 2. The minimum atomic E-state index is -0.362. The van der Waals surface area contributed by atoms with Gasteiger partial charge >= 0.3 is 0 Å². The van der Waals surface area contributed by atoms with Crippen LogP contribution in [0.4, 0.5) is 8.78 Å². The second-order valence-corrected chi connectivity index (χ2v) is 5.36. The van der Waals surface area contributed by atoms with E-state index in [1.54, 1.807) is 6.92 Å². The van der Waals surface area contributed by atoms with Gasteiger partial charge in [0.05, 0.1) is 0 Å². The van der Waals surface area contributed by atoms with Crippen LogP contribution in [0.25, 0.3) is 0 Å². The van der Waals surface area contributed by atoms with Gasteiger partial charge in [-0.3, -0.25) is 0 Å². The van der Waals surface area contributed by atoms with Crippen LogP contribution in [0.5, 0.6) is 0 Å². The second-order valence-electron chi connectivity index (χ2n) is 5.36. The van der Waals surface area contributed by atoms with Crippen LogP contribution in [-0.2, 0) is 6.42 Å². The molecular formula is C18H21F2N. The summed E-state index contributed by atoms with van der Waals surface area (Å²) in [5.41, 5.74) is 3.03. The molecular weight excluding hydrogens is 268 g/mol. The van der Waals surface area contributed by atoms with E-state index in [0.717, 1.165) is 11.1 Å². The first kappa shape index (κ1) is 15.6. The van der Waals surface area contributed by atoms with E-state index in [1.165, 1.54) is 12.1 Å². The normalized spacial score (nSPS) is 12.4. The van der Waals surface area contributed by atoms with Gasteiger partial charge in [-0.05, 0) is 55.6 Å². The van der Waals surface area contributed by atoms with Crippen LogP contribution >= 0.6 is 0 Å². The van der Waals surface area contributed by atoms with Crippen LogP contribution in [0.1, 0.15) is 35.2 Å². The molecule has 0 heterocycles. The summed E-state index contributed by atoms with van der Waals surface area (Å²) in [6.07, 6.45) is 0.639. The summed E-state index contributed by atoms with van der Waals surface area (Å²) in [7, 11) is 0. The van der Waals surface area contributed by atoms with E-state index in [9.17, 15) is 8.78 Å². The lowest BCUT2D eigenvalue weighted by Crippen LogP contribution is -2.24. The third-order valence-corrected chi connectivity index (χ3v) is 3.79. The van der Waals surface area contributed by atoms with Gasteiger partial charge in [-0.15, -0.1) is 0 Å². The molecule has 0 spiro atoms. The minimum Gasteiger partial charge on any atom is -0.310 e. The maximum atomic E-state index is 14.2. The highest BCUT2D eigenvalue weighted by atomic mass is 19.1. The Bertz CT molecular complexity index is 623. The van der Waals surface area contributed by atoms with Crippen LogP contribution in [0, 0.1) is 25.5 Å². The van der Waals surface area contributed by atoms with E-state index in [4.69, 9.17) is 0 Å². The van der Waals surface area contributed by atoms with Crippen molar-refractivity contribution in [3.63, 3.8) is 0 Å². The SMILES string of the molecule is CCNC(Cc1ccccc1C)c1cc(F)c(C)cc1F. The molecule has 0 radical (unpaired) electrons. The van der Waals surface area contributed by atoms with Gasteiger partial charge in [0, 0.05) is 11.6 Å². The van der Waals surface area contributed by atoms with E-state index < -0.39 is 0 Å². The monoisotopic (exact) mass is 289 g/mol. The van der Waals surface area contributed by atoms with E-state index >= 15 is 0 Å². The van der Waals surface area contributed by atoms with Gasteiger partial charge in [0.15, 0.2) is 0 Å². The number of likely N-dealkylation sites (N-methyl/N-ethyl adjacent to an activating group) is 1. The Hall–Kier alpha value is -1.74. The third kappa shape index (κ3) is 3.67. The van der Waals surface area contributed by atoms with Crippen molar-refractivity contribution in [2.45, 2.75) is 33.2 Å². The van der Waals surface area contributed by atoms with Gasteiger partial charge in [-0.25, -0.2) is 8.78 Å². The number of halogens is 2. The minimum absolute atomic E-state index is 0.230. The predicted molar refractivity (Wildman–Crippen MR) is 82.4 cm³/mol. The highest BCUT2D eigenvalue weighted by Crippen LogP contribution is 2.25. The molecule has 0 aliphatic rings. The third-order valence-electron chi connectivity index (χ3n) is 3.79. The number of nitrogens with one attached hydrogen (secondary N) is 1. The molecule has 112 valence electrons. The first-order valence-electron chi connectivity index (χ1n) is 7.26. The molecule has 0 aliphatic heterocycles. The fraction of sp³-hybridized carbons (Fsp3) is 0.333. The van der Waals surface area contributed by atoms with Crippen molar-refractivity contribution in [3.8, 4) is 0 Å². The lowest BCUT2D eigenvalue weighted by atomic mass is 9.95. The van der Waals surface area contributed by atoms with Crippen molar-refractivity contribution in [2.75, 3.05) is 6.54 Å². The molecule has 1 atom stereocenters. The molecule has 3 heteroatoms. The van der Waals surface area contributed by atoms with Crippen molar-refractivity contribution >= 4 is 0 Å². The summed E-state index contributed by atoms with van der Waals surface area (Å²) in [5, 5.41) is 3.26. The van der Waals surface area contributed by atoms with E-state index in [1.807, 2.05) is 38.1 Å². The molecule has 2 aromatic rings. The summed E-state index contributed by atoms with van der Waals surface area (Å²) in [6, 6.07) is 10.4. The zero-order valence-electron chi connectivity index (χ0n) is 12.7. The molecule has 0 amide bonds. The second kappa shape index (κ2) is 6.81. The number of rotatable bonds is 5. The molecule has 1 N–H and O–H groups in total. The van der Waals surface area contributed by atoms with Gasteiger partial charge in [0.25, 0.3) is 0 Å². The average Bonchev–Trinajstić information content (AvgIpc) is 2.45. The van der Waals surface area contributed by atoms with E-state index in [-0.39, 0.29) is 17.7 Å². The summed E-state index contributed by atoms with van der Waals surface area (Å²) in [5.74, 6) is -0.715. The van der Waals surface area contributed by atoms with Crippen molar-refractivity contribution in [3.05, 3.63) is 70.3 Å². The number of hydrogen-bond acceptors (Lipinski definition) is 1. The van der Waals surface area contributed by atoms with E-state index in [0.29, 0.717) is 24.1 Å². The van der Waals surface area contributed by atoms with Crippen molar-refractivity contribution in [1.82, 2.24) is 5.32 Å². The Morgan fingerprint density at radius 2 is 1.71 bits per heavy atom. The van der Waals surface area contributed by atoms with Crippen LogP contribution < -0.4 is 5.32 Å². The highest BCUT2D eigenvalue weighted by molar-refractivity contribution is 5.32. The Morgan fingerprint density at radius 1 is 1.00 bits per heavy atom. The van der Waals surface area contributed by atoms with Crippen LogP contribution in [0.3, 0.4) is 0 Å². The molecule has 2 rings (SSSR count). The van der Waals surface area contributed by atoms with E-state index in [2.05, 4.69) is 5.32 Å². The average molecular weight is 289 g/mol.